The molecule has 1 atom stereocenters. The second-order valence-corrected chi connectivity index (χ2v) is 8.56. The second kappa shape index (κ2) is 13.3. The van der Waals surface area contributed by atoms with E-state index in [0.29, 0.717) is 30.3 Å². The maximum absolute atomic E-state index is 13.2. The van der Waals surface area contributed by atoms with Crippen molar-refractivity contribution in [2.24, 2.45) is 0 Å². The van der Waals surface area contributed by atoms with E-state index in [-0.39, 0.29) is 17.6 Å². The molecule has 0 fully saturated rings. The third-order valence-corrected chi connectivity index (χ3v) is 6.24. The van der Waals surface area contributed by atoms with Crippen molar-refractivity contribution in [3.05, 3.63) is 64.7 Å². The predicted octanol–water partition coefficient (Wildman–Crippen LogP) is 4.92. The summed E-state index contributed by atoms with van der Waals surface area (Å²) in [5.74, 6) is 1.60. The highest BCUT2D eigenvalue weighted by molar-refractivity contribution is 7.99. The third kappa shape index (κ3) is 7.78. The lowest BCUT2D eigenvalue weighted by molar-refractivity contribution is -0.139. The van der Waals surface area contributed by atoms with Gasteiger partial charge in [0.1, 0.15) is 11.8 Å². The van der Waals surface area contributed by atoms with Crippen molar-refractivity contribution < 1.29 is 14.3 Å². The number of carbonyl (C=O) groups is 2. The number of halogens is 1. The molecule has 0 spiro atoms. The van der Waals surface area contributed by atoms with Gasteiger partial charge in [0, 0.05) is 23.9 Å². The molecule has 0 unspecified atom stereocenters. The maximum atomic E-state index is 13.2. The molecule has 2 amide bonds. The summed E-state index contributed by atoms with van der Waals surface area (Å²) in [6, 6.07) is 14.7. The number of methoxy groups -OCH3 is 1. The first-order valence-corrected chi connectivity index (χ1v) is 12.0. The minimum atomic E-state index is -0.531. The summed E-state index contributed by atoms with van der Waals surface area (Å²) in [5, 5.41) is 3.52. The van der Waals surface area contributed by atoms with E-state index < -0.39 is 6.04 Å². The van der Waals surface area contributed by atoms with Crippen molar-refractivity contribution in [1.82, 2.24) is 10.2 Å². The van der Waals surface area contributed by atoms with E-state index >= 15 is 0 Å². The van der Waals surface area contributed by atoms with Crippen molar-refractivity contribution in [1.29, 1.82) is 0 Å². The van der Waals surface area contributed by atoms with Crippen molar-refractivity contribution in [2.45, 2.75) is 45.0 Å². The van der Waals surface area contributed by atoms with E-state index in [2.05, 4.69) is 5.32 Å². The molecule has 0 aromatic heterocycles. The van der Waals surface area contributed by atoms with Crippen LogP contribution in [0.15, 0.2) is 48.5 Å². The normalized spacial score (nSPS) is 11.6. The SMILES string of the molecule is CCCNC(=O)[C@@H](CC)N(Cc1ccccc1Cl)C(=O)CSCc1ccc(OC)cc1. The van der Waals surface area contributed by atoms with Gasteiger partial charge < -0.3 is 15.0 Å². The molecule has 0 aliphatic heterocycles. The highest BCUT2D eigenvalue weighted by Gasteiger charge is 2.28. The summed E-state index contributed by atoms with van der Waals surface area (Å²) in [4.78, 5) is 27.6. The molecule has 1 N–H and O–H groups in total. The minimum absolute atomic E-state index is 0.0723. The lowest BCUT2D eigenvalue weighted by atomic mass is 10.1. The Kier molecular flexibility index (Phi) is 10.7. The molecule has 0 bridgehead atoms. The van der Waals surface area contributed by atoms with Crippen LogP contribution in [0.1, 0.15) is 37.8 Å². The molecule has 0 aliphatic carbocycles. The molecule has 0 heterocycles. The Labute approximate surface area is 194 Å². The van der Waals surface area contributed by atoms with E-state index in [9.17, 15) is 9.59 Å². The second-order valence-electron chi connectivity index (χ2n) is 7.17. The van der Waals surface area contributed by atoms with E-state index in [4.69, 9.17) is 16.3 Å². The molecule has 7 heteroatoms. The Hall–Kier alpha value is -2.18. The molecule has 0 aliphatic rings. The fraction of sp³-hybridized carbons (Fsp3) is 0.417. The van der Waals surface area contributed by atoms with Crippen molar-refractivity contribution in [3.63, 3.8) is 0 Å². The van der Waals surface area contributed by atoms with Crippen molar-refractivity contribution >= 4 is 35.2 Å². The lowest BCUT2D eigenvalue weighted by Crippen LogP contribution is -2.49. The standard InChI is InChI=1S/C24H31ClN2O3S/c1-4-14-26-24(29)22(5-2)27(15-19-8-6-7-9-21(19)25)23(28)17-31-16-18-10-12-20(30-3)13-11-18/h6-13,22H,4-5,14-17H2,1-3H3,(H,26,29)/t22-/m1/s1. The Bertz CT molecular complexity index is 845. The van der Waals surface area contributed by atoms with Gasteiger partial charge in [-0.15, -0.1) is 11.8 Å². The average molecular weight is 463 g/mol. The Morgan fingerprint density at radius 2 is 1.84 bits per heavy atom. The van der Waals surface area contributed by atoms with Gasteiger partial charge in [-0.2, -0.15) is 0 Å². The molecule has 5 nitrogen and oxygen atoms in total. The van der Waals surface area contributed by atoms with Crippen LogP contribution in [0.3, 0.4) is 0 Å². The number of amides is 2. The largest absolute Gasteiger partial charge is 0.497 e. The number of benzene rings is 2. The van der Waals surface area contributed by atoms with Gasteiger partial charge in [0.2, 0.25) is 11.8 Å². The van der Waals surface area contributed by atoms with Gasteiger partial charge in [0.05, 0.1) is 12.9 Å². The van der Waals surface area contributed by atoms with E-state index in [1.165, 1.54) is 11.8 Å². The molecular weight excluding hydrogens is 432 g/mol. The van der Waals surface area contributed by atoms with Crippen LogP contribution in [0.2, 0.25) is 5.02 Å². The van der Waals surface area contributed by atoms with E-state index in [1.807, 2.05) is 56.3 Å². The van der Waals surface area contributed by atoms with Gasteiger partial charge in [-0.3, -0.25) is 9.59 Å². The Morgan fingerprint density at radius 1 is 1.13 bits per heavy atom. The molecular formula is C24H31ClN2O3S. The number of nitrogens with one attached hydrogen (secondary N) is 1. The van der Waals surface area contributed by atoms with Gasteiger partial charge in [0.25, 0.3) is 0 Å². The zero-order valence-electron chi connectivity index (χ0n) is 18.4. The number of rotatable bonds is 12. The molecule has 0 saturated carbocycles. The Morgan fingerprint density at radius 3 is 2.45 bits per heavy atom. The highest BCUT2D eigenvalue weighted by Crippen LogP contribution is 2.22. The zero-order chi connectivity index (χ0) is 22.6. The van der Waals surface area contributed by atoms with Gasteiger partial charge in [-0.25, -0.2) is 0 Å². The highest BCUT2D eigenvalue weighted by atomic mass is 35.5. The third-order valence-electron chi connectivity index (χ3n) is 4.89. The molecule has 2 rings (SSSR count). The van der Waals surface area contributed by atoms with Crippen LogP contribution in [0.25, 0.3) is 0 Å². The van der Waals surface area contributed by atoms with Crippen molar-refractivity contribution in [3.8, 4) is 5.75 Å². The predicted molar refractivity (Wildman–Crippen MR) is 129 cm³/mol. The van der Waals surface area contributed by atoms with Gasteiger partial charge >= 0.3 is 0 Å². The van der Waals surface area contributed by atoms with Gasteiger partial charge in [-0.1, -0.05) is 55.8 Å². The number of ether oxygens (including phenoxy) is 1. The summed E-state index contributed by atoms with van der Waals surface area (Å²) in [5.41, 5.74) is 1.95. The average Bonchev–Trinajstić information content (AvgIpc) is 2.79. The van der Waals surface area contributed by atoms with E-state index in [1.54, 1.807) is 18.1 Å². The number of hydrogen-bond donors (Lipinski definition) is 1. The first kappa shape index (κ1) is 25.1. The number of carbonyl (C=O) groups excluding carboxylic acids is 2. The summed E-state index contributed by atoms with van der Waals surface area (Å²) in [7, 11) is 1.64. The summed E-state index contributed by atoms with van der Waals surface area (Å²) < 4.78 is 5.18. The fourth-order valence-corrected chi connectivity index (χ4v) is 4.22. The van der Waals surface area contributed by atoms with E-state index in [0.717, 1.165) is 23.3 Å². The zero-order valence-corrected chi connectivity index (χ0v) is 20.0. The molecule has 0 saturated heterocycles. The minimum Gasteiger partial charge on any atom is -0.497 e. The number of hydrogen-bond acceptors (Lipinski definition) is 4. The molecule has 0 radical (unpaired) electrons. The fourth-order valence-electron chi connectivity index (χ4n) is 3.16. The smallest absolute Gasteiger partial charge is 0.242 e. The van der Waals surface area contributed by atoms with Crippen LogP contribution in [0.5, 0.6) is 5.75 Å². The van der Waals surface area contributed by atoms with Crippen LogP contribution < -0.4 is 10.1 Å². The van der Waals surface area contributed by atoms with Gasteiger partial charge in [0.15, 0.2) is 0 Å². The molecule has 2 aromatic carbocycles. The first-order chi connectivity index (χ1) is 15.0. The molecule has 31 heavy (non-hydrogen) atoms. The van der Waals surface area contributed by atoms with Crippen LogP contribution >= 0.6 is 23.4 Å². The molecule has 168 valence electrons. The Balaban J connectivity index is 2.10. The molecule has 2 aromatic rings. The monoisotopic (exact) mass is 462 g/mol. The van der Waals surface area contributed by atoms with Crippen LogP contribution in [-0.4, -0.2) is 42.2 Å². The van der Waals surface area contributed by atoms with Crippen LogP contribution in [0, 0.1) is 0 Å². The summed E-state index contributed by atoms with van der Waals surface area (Å²) in [6.45, 7) is 4.83. The first-order valence-electron chi connectivity index (χ1n) is 10.5. The quantitative estimate of drug-likeness (QED) is 0.486. The van der Waals surface area contributed by atoms with Crippen LogP contribution in [0.4, 0.5) is 0 Å². The topological polar surface area (TPSA) is 58.6 Å². The number of nitrogens with zero attached hydrogens (tertiary/aromatic N) is 1. The summed E-state index contributed by atoms with van der Waals surface area (Å²) >= 11 is 7.87. The van der Waals surface area contributed by atoms with Crippen LogP contribution in [-0.2, 0) is 21.9 Å². The summed E-state index contributed by atoms with van der Waals surface area (Å²) in [6.07, 6.45) is 1.38. The number of thioether (sulfide) groups is 1. The van der Waals surface area contributed by atoms with Gasteiger partial charge in [-0.05, 0) is 42.2 Å². The lowest BCUT2D eigenvalue weighted by Gasteiger charge is -2.31. The maximum Gasteiger partial charge on any atom is 0.242 e. The van der Waals surface area contributed by atoms with Crippen molar-refractivity contribution in [2.75, 3.05) is 19.4 Å².